The number of aryl methyl sites for hydroxylation is 1. The second kappa shape index (κ2) is 6.18. The molecule has 0 saturated heterocycles. The monoisotopic (exact) mass is 283 g/mol. The number of anilines is 1. The largest absolute Gasteiger partial charge is 0.383 e. The Morgan fingerprint density at radius 1 is 1.33 bits per heavy atom. The number of hydrogen-bond acceptors (Lipinski definition) is 5. The first kappa shape index (κ1) is 13.9. The Kier molecular flexibility index (Phi) is 4.10. The fourth-order valence-electron chi connectivity index (χ4n) is 2.72. The number of pyridine rings is 1. The minimum Gasteiger partial charge on any atom is -0.383 e. The van der Waals surface area contributed by atoms with Gasteiger partial charge in [-0.3, -0.25) is 4.90 Å². The molecule has 5 heteroatoms. The zero-order valence-corrected chi connectivity index (χ0v) is 12.4. The van der Waals surface area contributed by atoms with Gasteiger partial charge in [0.25, 0.3) is 0 Å². The smallest absolute Gasteiger partial charge is 0.128 e. The molecule has 0 amide bonds. The van der Waals surface area contributed by atoms with E-state index in [1.807, 2.05) is 18.3 Å². The lowest BCUT2D eigenvalue weighted by atomic mass is 10.1. The van der Waals surface area contributed by atoms with E-state index in [2.05, 4.69) is 26.8 Å². The first-order valence-electron chi connectivity index (χ1n) is 7.51. The van der Waals surface area contributed by atoms with E-state index in [0.717, 1.165) is 50.3 Å². The van der Waals surface area contributed by atoms with Crippen LogP contribution in [-0.4, -0.2) is 26.4 Å². The molecule has 0 bridgehead atoms. The van der Waals surface area contributed by atoms with Crippen molar-refractivity contribution in [3.63, 3.8) is 0 Å². The van der Waals surface area contributed by atoms with Gasteiger partial charge in [0, 0.05) is 61.7 Å². The van der Waals surface area contributed by atoms with Crippen LogP contribution >= 0.6 is 0 Å². The van der Waals surface area contributed by atoms with Crippen molar-refractivity contribution in [2.45, 2.75) is 39.3 Å². The van der Waals surface area contributed by atoms with Crippen molar-refractivity contribution < 1.29 is 0 Å². The quantitative estimate of drug-likeness (QED) is 0.929. The summed E-state index contributed by atoms with van der Waals surface area (Å²) in [5.41, 5.74) is 9.46. The Balaban J connectivity index is 1.71. The highest BCUT2D eigenvalue weighted by Gasteiger charge is 2.19. The third-order valence-electron chi connectivity index (χ3n) is 3.86. The van der Waals surface area contributed by atoms with Gasteiger partial charge in [-0.05, 0) is 12.5 Å². The number of nitrogens with zero attached hydrogens (tertiary/aromatic N) is 4. The van der Waals surface area contributed by atoms with Gasteiger partial charge in [0.2, 0.25) is 0 Å². The summed E-state index contributed by atoms with van der Waals surface area (Å²) in [6.45, 7) is 4.87. The minimum absolute atomic E-state index is 0.623. The topological polar surface area (TPSA) is 67.9 Å². The fourth-order valence-corrected chi connectivity index (χ4v) is 2.72. The number of nitrogens with two attached hydrogens (primary N) is 1. The molecular weight excluding hydrogens is 262 g/mol. The molecule has 0 fully saturated rings. The lowest BCUT2D eigenvalue weighted by Gasteiger charge is -2.28. The molecule has 2 aromatic heterocycles. The number of rotatable bonds is 4. The molecular formula is C16H21N5. The Bertz CT molecular complexity index is 626. The van der Waals surface area contributed by atoms with Gasteiger partial charge in [-0.1, -0.05) is 13.0 Å². The minimum atomic E-state index is 0.623. The van der Waals surface area contributed by atoms with Crippen molar-refractivity contribution in [1.29, 1.82) is 0 Å². The van der Waals surface area contributed by atoms with Crippen LogP contribution in [0.3, 0.4) is 0 Å². The highest BCUT2D eigenvalue weighted by atomic mass is 15.1. The van der Waals surface area contributed by atoms with Crippen molar-refractivity contribution in [3.05, 3.63) is 47.2 Å². The Labute approximate surface area is 125 Å². The number of aromatic nitrogens is 3. The van der Waals surface area contributed by atoms with Gasteiger partial charge in [0.05, 0.1) is 0 Å². The molecule has 2 aromatic rings. The molecule has 0 unspecified atom stereocenters. The maximum Gasteiger partial charge on any atom is 0.128 e. The van der Waals surface area contributed by atoms with Crippen LogP contribution in [0.5, 0.6) is 0 Å². The third kappa shape index (κ3) is 3.19. The molecule has 0 radical (unpaired) electrons. The Morgan fingerprint density at radius 3 is 3.05 bits per heavy atom. The van der Waals surface area contributed by atoms with Crippen LogP contribution in [0.1, 0.15) is 36.0 Å². The highest BCUT2D eigenvalue weighted by Crippen LogP contribution is 2.20. The SMILES string of the molecule is CCCc1ncc2c(n1)CCN(Cc1cccnc1N)C2. The molecule has 0 saturated carbocycles. The van der Waals surface area contributed by atoms with Crippen LogP contribution in [0.4, 0.5) is 5.82 Å². The van der Waals surface area contributed by atoms with Gasteiger partial charge in [-0.2, -0.15) is 0 Å². The molecule has 3 rings (SSSR count). The second-order valence-electron chi connectivity index (χ2n) is 5.52. The van der Waals surface area contributed by atoms with E-state index in [1.165, 1.54) is 11.3 Å². The van der Waals surface area contributed by atoms with Crippen LogP contribution < -0.4 is 5.73 Å². The number of fused-ring (bicyclic) bond motifs is 1. The lowest BCUT2D eigenvalue weighted by molar-refractivity contribution is 0.242. The molecule has 2 N–H and O–H groups in total. The molecule has 0 atom stereocenters. The molecule has 0 aromatic carbocycles. The predicted molar refractivity (Wildman–Crippen MR) is 82.5 cm³/mol. The van der Waals surface area contributed by atoms with E-state index in [1.54, 1.807) is 6.20 Å². The van der Waals surface area contributed by atoms with E-state index in [9.17, 15) is 0 Å². The van der Waals surface area contributed by atoms with E-state index < -0.39 is 0 Å². The van der Waals surface area contributed by atoms with Crippen molar-refractivity contribution in [2.24, 2.45) is 0 Å². The average molecular weight is 283 g/mol. The number of nitrogen functional groups attached to an aromatic ring is 1. The van der Waals surface area contributed by atoms with Gasteiger partial charge < -0.3 is 5.73 Å². The zero-order valence-electron chi connectivity index (χ0n) is 12.4. The standard InChI is InChI=1S/C16H21N5/c1-2-4-15-19-9-13-11-21(8-6-14(13)20-15)10-12-5-3-7-18-16(12)17/h3,5,7,9H,2,4,6,8,10-11H2,1H3,(H2,17,18). The maximum atomic E-state index is 5.92. The van der Waals surface area contributed by atoms with Crippen LogP contribution in [0, 0.1) is 0 Å². The summed E-state index contributed by atoms with van der Waals surface area (Å²) >= 11 is 0. The summed E-state index contributed by atoms with van der Waals surface area (Å²) < 4.78 is 0. The van der Waals surface area contributed by atoms with E-state index in [4.69, 9.17) is 5.73 Å². The molecule has 0 spiro atoms. The van der Waals surface area contributed by atoms with Crippen LogP contribution in [0.2, 0.25) is 0 Å². The summed E-state index contributed by atoms with van der Waals surface area (Å²) in [5.74, 6) is 1.60. The van der Waals surface area contributed by atoms with Crippen molar-refractivity contribution in [1.82, 2.24) is 19.9 Å². The summed E-state index contributed by atoms with van der Waals surface area (Å²) in [6, 6.07) is 3.97. The molecule has 1 aliphatic heterocycles. The first-order chi connectivity index (χ1) is 10.3. The molecule has 5 nitrogen and oxygen atoms in total. The van der Waals surface area contributed by atoms with Crippen molar-refractivity contribution in [2.75, 3.05) is 12.3 Å². The fraction of sp³-hybridized carbons (Fsp3) is 0.438. The van der Waals surface area contributed by atoms with Crippen LogP contribution in [0.25, 0.3) is 0 Å². The zero-order chi connectivity index (χ0) is 14.7. The van der Waals surface area contributed by atoms with E-state index in [-0.39, 0.29) is 0 Å². The molecule has 1 aliphatic rings. The molecule has 110 valence electrons. The third-order valence-corrected chi connectivity index (χ3v) is 3.86. The van der Waals surface area contributed by atoms with Gasteiger partial charge in [-0.15, -0.1) is 0 Å². The number of hydrogen-bond donors (Lipinski definition) is 1. The van der Waals surface area contributed by atoms with Crippen molar-refractivity contribution in [3.8, 4) is 0 Å². The van der Waals surface area contributed by atoms with Crippen LogP contribution in [0.15, 0.2) is 24.5 Å². The van der Waals surface area contributed by atoms with Crippen molar-refractivity contribution >= 4 is 5.82 Å². The van der Waals surface area contributed by atoms with Gasteiger partial charge in [0.15, 0.2) is 0 Å². The summed E-state index contributed by atoms with van der Waals surface area (Å²) in [6.07, 6.45) is 6.75. The predicted octanol–water partition coefficient (Wildman–Crippen LogP) is 1.96. The van der Waals surface area contributed by atoms with E-state index >= 15 is 0 Å². The summed E-state index contributed by atoms with van der Waals surface area (Å²) in [4.78, 5) is 15.7. The van der Waals surface area contributed by atoms with Crippen LogP contribution in [-0.2, 0) is 25.9 Å². The van der Waals surface area contributed by atoms with Gasteiger partial charge >= 0.3 is 0 Å². The summed E-state index contributed by atoms with van der Waals surface area (Å²) in [5, 5.41) is 0. The lowest BCUT2D eigenvalue weighted by Crippen LogP contribution is -2.31. The molecule has 3 heterocycles. The molecule has 0 aliphatic carbocycles. The Morgan fingerprint density at radius 2 is 2.24 bits per heavy atom. The Hall–Kier alpha value is -2.01. The maximum absolute atomic E-state index is 5.92. The normalized spacial score (nSPS) is 14.9. The molecule has 21 heavy (non-hydrogen) atoms. The average Bonchev–Trinajstić information content (AvgIpc) is 2.50. The second-order valence-corrected chi connectivity index (χ2v) is 5.52. The van der Waals surface area contributed by atoms with Gasteiger partial charge in [-0.25, -0.2) is 15.0 Å². The summed E-state index contributed by atoms with van der Waals surface area (Å²) in [7, 11) is 0. The van der Waals surface area contributed by atoms with Gasteiger partial charge in [0.1, 0.15) is 11.6 Å². The first-order valence-corrected chi connectivity index (χ1v) is 7.51. The highest BCUT2D eigenvalue weighted by molar-refractivity contribution is 5.38. The van der Waals surface area contributed by atoms with E-state index in [0.29, 0.717) is 5.82 Å².